The monoisotopic (exact) mass is 356 g/mol. The Kier molecular flexibility index (Phi) is 3.83. The lowest BCUT2D eigenvalue weighted by atomic mass is 9.84. The van der Waals surface area contributed by atoms with Crippen LogP contribution in [0.15, 0.2) is 29.7 Å². The van der Waals surface area contributed by atoms with Gasteiger partial charge < -0.3 is 9.64 Å². The molecule has 0 atom stereocenters. The molecule has 0 fully saturated rings. The summed E-state index contributed by atoms with van der Waals surface area (Å²) < 4.78 is 5.07. The Labute approximate surface area is 150 Å². The van der Waals surface area contributed by atoms with E-state index in [-0.39, 0.29) is 5.41 Å². The minimum atomic E-state index is -0.404. The van der Waals surface area contributed by atoms with Crippen LogP contribution in [0.3, 0.4) is 0 Å². The first kappa shape index (κ1) is 16.2. The van der Waals surface area contributed by atoms with Crippen molar-refractivity contribution in [2.45, 2.75) is 33.6 Å². The van der Waals surface area contributed by atoms with Gasteiger partial charge >= 0.3 is 5.97 Å². The number of thiazole rings is 1. The van der Waals surface area contributed by atoms with E-state index >= 15 is 0 Å². The molecule has 0 saturated carbocycles. The summed E-state index contributed by atoms with van der Waals surface area (Å²) in [5.41, 5.74) is 3.41. The molecule has 2 aromatic heterocycles. The molecule has 1 aliphatic carbocycles. The van der Waals surface area contributed by atoms with Gasteiger partial charge in [-0.2, -0.15) is 0 Å². The van der Waals surface area contributed by atoms with Crippen molar-refractivity contribution in [1.29, 1.82) is 0 Å². The summed E-state index contributed by atoms with van der Waals surface area (Å²) in [6.07, 6.45) is 8.05. The molecule has 4 rings (SSSR count). The van der Waals surface area contributed by atoms with Gasteiger partial charge in [-0.25, -0.2) is 19.7 Å². The second-order valence-corrected chi connectivity index (χ2v) is 7.84. The molecule has 0 amide bonds. The minimum absolute atomic E-state index is 0.0590. The van der Waals surface area contributed by atoms with Crippen molar-refractivity contribution in [3.8, 4) is 0 Å². The van der Waals surface area contributed by atoms with E-state index in [0.717, 1.165) is 25.2 Å². The third kappa shape index (κ3) is 2.63. The van der Waals surface area contributed by atoms with Crippen LogP contribution in [-0.4, -0.2) is 34.1 Å². The fourth-order valence-electron chi connectivity index (χ4n) is 3.55. The summed E-state index contributed by atoms with van der Waals surface area (Å²) >= 11 is 1.25. The van der Waals surface area contributed by atoms with Crippen LogP contribution in [0.4, 0.5) is 5.82 Å². The summed E-state index contributed by atoms with van der Waals surface area (Å²) in [4.78, 5) is 28.3. The normalized spacial score (nSPS) is 18.8. The van der Waals surface area contributed by atoms with Crippen molar-refractivity contribution in [3.63, 3.8) is 0 Å². The predicted molar refractivity (Wildman–Crippen MR) is 97.7 cm³/mol. The van der Waals surface area contributed by atoms with Crippen LogP contribution in [0.2, 0.25) is 0 Å². The van der Waals surface area contributed by atoms with Crippen molar-refractivity contribution in [2.75, 3.05) is 18.1 Å². The molecule has 0 bridgehead atoms. The van der Waals surface area contributed by atoms with E-state index in [9.17, 15) is 4.79 Å². The number of hydrogen-bond donors (Lipinski definition) is 0. The molecular formula is C18H20N4O2S. The molecule has 6 nitrogen and oxygen atoms in total. The van der Waals surface area contributed by atoms with Gasteiger partial charge in [0.15, 0.2) is 5.82 Å². The van der Waals surface area contributed by atoms with Gasteiger partial charge in [0.25, 0.3) is 0 Å². The maximum Gasteiger partial charge on any atom is 0.367 e. The van der Waals surface area contributed by atoms with Gasteiger partial charge in [0.1, 0.15) is 16.7 Å². The second-order valence-electron chi connectivity index (χ2n) is 6.86. The van der Waals surface area contributed by atoms with E-state index in [1.807, 2.05) is 0 Å². The van der Waals surface area contributed by atoms with Crippen LogP contribution in [0.1, 0.15) is 43.4 Å². The van der Waals surface area contributed by atoms with E-state index in [2.05, 4.69) is 45.9 Å². The number of allylic oxidation sites excluding steroid dienone is 3. The van der Waals surface area contributed by atoms with Crippen molar-refractivity contribution in [1.82, 2.24) is 15.0 Å². The van der Waals surface area contributed by atoms with Crippen LogP contribution < -0.4 is 4.90 Å². The van der Waals surface area contributed by atoms with Gasteiger partial charge in [-0.05, 0) is 25.3 Å². The maximum atomic E-state index is 12.0. The quantitative estimate of drug-likeness (QED) is 0.781. The standard InChI is InChI=1S/C18H20N4O2S/c1-4-24-17(23)16-21-13-14(19-10-20-15(13)25-16)22-9-18(2,3)11-7-5-6-8-12(11)22/h5,7,10H,4,6,8-9H2,1-3H3. The molecule has 3 heterocycles. The summed E-state index contributed by atoms with van der Waals surface area (Å²) in [5.74, 6) is 0.379. The van der Waals surface area contributed by atoms with Crippen molar-refractivity contribution >= 4 is 33.5 Å². The average Bonchev–Trinajstić information content (AvgIpc) is 3.15. The third-order valence-corrected chi connectivity index (χ3v) is 5.58. The molecule has 130 valence electrons. The number of aromatic nitrogens is 3. The molecular weight excluding hydrogens is 336 g/mol. The SMILES string of the molecule is CCOC(=O)c1nc2c(N3CC(C)(C)C4=C3CCC=C4)ncnc2s1. The van der Waals surface area contributed by atoms with Gasteiger partial charge in [0, 0.05) is 17.7 Å². The van der Waals surface area contributed by atoms with E-state index in [4.69, 9.17) is 4.74 Å². The summed E-state index contributed by atoms with van der Waals surface area (Å²) in [5, 5.41) is 0.329. The summed E-state index contributed by atoms with van der Waals surface area (Å²) in [6.45, 7) is 7.47. The van der Waals surface area contributed by atoms with Crippen molar-refractivity contribution in [3.05, 3.63) is 34.8 Å². The fraction of sp³-hybridized carbons (Fsp3) is 0.444. The van der Waals surface area contributed by atoms with E-state index in [1.165, 1.54) is 22.6 Å². The average molecular weight is 356 g/mol. The fourth-order valence-corrected chi connectivity index (χ4v) is 4.34. The summed E-state index contributed by atoms with van der Waals surface area (Å²) in [7, 11) is 0. The Morgan fingerprint density at radius 1 is 1.40 bits per heavy atom. The molecule has 0 unspecified atom stereocenters. The molecule has 2 aliphatic rings. The van der Waals surface area contributed by atoms with Gasteiger partial charge in [-0.1, -0.05) is 37.3 Å². The Morgan fingerprint density at radius 3 is 3.04 bits per heavy atom. The molecule has 7 heteroatoms. The Balaban J connectivity index is 1.81. The maximum absolute atomic E-state index is 12.0. The Bertz CT molecular complexity index is 913. The molecule has 25 heavy (non-hydrogen) atoms. The number of hydrogen-bond acceptors (Lipinski definition) is 7. The first-order chi connectivity index (χ1) is 12.0. The van der Waals surface area contributed by atoms with Crippen molar-refractivity contribution in [2.24, 2.45) is 5.41 Å². The highest BCUT2D eigenvalue weighted by Crippen LogP contribution is 2.45. The van der Waals surface area contributed by atoms with Gasteiger partial charge in [-0.3, -0.25) is 0 Å². The largest absolute Gasteiger partial charge is 0.461 e. The van der Waals surface area contributed by atoms with Crippen LogP contribution >= 0.6 is 11.3 Å². The topological polar surface area (TPSA) is 68.2 Å². The molecule has 0 radical (unpaired) electrons. The van der Waals surface area contributed by atoms with Crippen molar-refractivity contribution < 1.29 is 9.53 Å². The lowest BCUT2D eigenvalue weighted by molar-refractivity contribution is 0.0526. The molecule has 2 aromatic rings. The van der Waals surface area contributed by atoms with Crippen LogP contribution in [0, 0.1) is 5.41 Å². The van der Waals surface area contributed by atoms with E-state index < -0.39 is 5.97 Å². The lowest BCUT2D eigenvalue weighted by Gasteiger charge is -2.24. The van der Waals surface area contributed by atoms with E-state index in [0.29, 0.717) is 22.0 Å². The number of esters is 1. The van der Waals surface area contributed by atoms with E-state index in [1.54, 1.807) is 13.3 Å². The first-order valence-electron chi connectivity index (χ1n) is 8.47. The highest BCUT2D eigenvalue weighted by molar-refractivity contribution is 7.19. The number of carbonyl (C=O) groups is 1. The number of anilines is 1. The molecule has 1 aliphatic heterocycles. The number of fused-ring (bicyclic) bond motifs is 1. The first-order valence-corrected chi connectivity index (χ1v) is 9.29. The van der Waals surface area contributed by atoms with Gasteiger partial charge in [-0.15, -0.1) is 0 Å². The Morgan fingerprint density at radius 2 is 2.24 bits per heavy atom. The molecule has 0 aromatic carbocycles. The lowest BCUT2D eigenvalue weighted by Crippen LogP contribution is -2.26. The summed E-state index contributed by atoms with van der Waals surface area (Å²) in [6, 6.07) is 0. The second kappa shape index (κ2) is 5.91. The number of nitrogens with zero attached hydrogens (tertiary/aromatic N) is 4. The molecule has 0 N–H and O–H groups in total. The van der Waals surface area contributed by atoms with Gasteiger partial charge in [0.2, 0.25) is 5.01 Å². The zero-order valence-corrected chi connectivity index (χ0v) is 15.4. The molecule has 0 spiro atoms. The van der Waals surface area contributed by atoms with Crippen LogP contribution in [0.5, 0.6) is 0 Å². The number of rotatable bonds is 3. The number of carbonyl (C=O) groups excluding carboxylic acids is 1. The zero-order chi connectivity index (χ0) is 17.6. The number of ether oxygens (including phenoxy) is 1. The van der Waals surface area contributed by atoms with Gasteiger partial charge in [0.05, 0.1) is 6.61 Å². The minimum Gasteiger partial charge on any atom is -0.461 e. The third-order valence-electron chi connectivity index (χ3n) is 4.63. The highest BCUT2D eigenvalue weighted by atomic mass is 32.1. The van der Waals surface area contributed by atoms with Crippen LogP contribution in [-0.2, 0) is 4.74 Å². The smallest absolute Gasteiger partial charge is 0.367 e. The highest BCUT2D eigenvalue weighted by Gasteiger charge is 2.39. The zero-order valence-electron chi connectivity index (χ0n) is 14.6. The predicted octanol–water partition coefficient (Wildman–Crippen LogP) is 3.71. The molecule has 0 saturated heterocycles. The Hall–Kier alpha value is -2.28. The van der Waals surface area contributed by atoms with Crippen LogP contribution in [0.25, 0.3) is 10.3 Å².